The number of rotatable bonds is 6. The Hall–Kier alpha value is -1.93. The molecule has 2 aliphatic heterocycles. The van der Waals surface area contributed by atoms with Crippen LogP contribution >= 0.6 is 0 Å². The predicted molar refractivity (Wildman–Crippen MR) is 113 cm³/mol. The van der Waals surface area contributed by atoms with Gasteiger partial charge < -0.3 is 15.4 Å². The smallest absolute Gasteiger partial charge is 0.269 e. The Morgan fingerprint density at radius 1 is 1.20 bits per heavy atom. The zero-order valence-corrected chi connectivity index (χ0v) is 18.4. The highest BCUT2D eigenvalue weighted by Gasteiger charge is 2.38. The second kappa shape index (κ2) is 9.06. The molecular weight excluding hydrogens is 382 g/mol. The molecule has 2 saturated heterocycles. The fourth-order valence-electron chi connectivity index (χ4n) is 4.94. The summed E-state index contributed by atoms with van der Waals surface area (Å²) in [5, 5.41) is 10.9. The normalized spacial score (nSPS) is 29.2. The minimum Gasteiger partial charge on any atom is -0.365 e. The minimum absolute atomic E-state index is 0.0489. The summed E-state index contributed by atoms with van der Waals surface area (Å²) < 4.78 is 7.61. The topological polar surface area (TPSA) is 88.5 Å². The molecule has 2 N–H and O–H groups in total. The molecule has 4 rings (SSSR count). The zero-order valence-electron chi connectivity index (χ0n) is 18.4. The van der Waals surface area contributed by atoms with Crippen LogP contribution in [0.25, 0.3) is 0 Å². The van der Waals surface area contributed by atoms with Crippen LogP contribution in [0.15, 0.2) is 6.07 Å². The third kappa shape index (κ3) is 4.39. The van der Waals surface area contributed by atoms with E-state index in [0.29, 0.717) is 31.4 Å². The largest absolute Gasteiger partial charge is 0.365 e. The van der Waals surface area contributed by atoms with Crippen LogP contribution < -0.4 is 10.6 Å². The fourth-order valence-corrected chi connectivity index (χ4v) is 4.94. The van der Waals surface area contributed by atoms with Crippen molar-refractivity contribution in [2.75, 3.05) is 19.7 Å². The van der Waals surface area contributed by atoms with Crippen LogP contribution in [0.4, 0.5) is 0 Å². The lowest BCUT2D eigenvalue weighted by Gasteiger charge is -2.35. The number of morpholine rings is 1. The summed E-state index contributed by atoms with van der Waals surface area (Å²) in [6.07, 6.45) is 4.67. The van der Waals surface area contributed by atoms with Crippen molar-refractivity contribution in [3.05, 3.63) is 17.5 Å². The van der Waals surface area contributed by atoms with Gasteiger partial charge in [-0.15, -0.1) is 0 Å². The highest BCUT2D eigenvalue weighted by Crippen LogP contribution is 2.24. The number of amides is 2. The van der Waals surface area contributed by atoms with Gasteiger partial charge in [-0.1, -0.05) is 13.8 Å². The second-order valence-corrected chi connectivity index (χ2v) is 9.16. The summed E-state index contributed by atoms with van der Waals surface area (Å²) >= 11 is 0. The standard InChI is InChI=1S/C22H35N5O3/c1-4-27-19(11-18(25-27)14(2)3)21(28)23-16-8-5-9-17(16)24-22(29)20-12-26-10-6-7-15(26)13-30-20/h11,14-17,20H,4-10,12-13H2,1-3H3,(H,23,28)(H,24,29)/t15-,16+,17+,20+/m0/s1. The molecular formula is C22H35N5O3. The van der Waals surface area contributed by atoms with Gasteiger partial charge in [0.15, 0.2) is 0 Å². The molecule has 4 atom stereocenters. The summed E-state index contributed by atoms with van der Waals surface area (Å²) in [7, 11) is 0. The third-order valence-corrected chi connectivity index (χ3v) is 6.76. The molecule has 30 heavy (non-hydrogen) atoms. The van der Waals surface area contributed by atoms with Gasteiger partial charge >= 0.3 is 0 Å². The monoisotopic (exact) mass is 417 g/mol. The number of nitrogens with zero attached hydrogens (tertiary/aromatic N) is 3. The number of fused-ring (bicyclic) bond motifs is 1. The van der Waals surface area contributed by atoms with Gasteiger partial charge in [-0.05, 0) is 57.6 Å². The third-order valence-electron chi connectivity index (χ3n) is 6.76. The van der Waals surface area contributed by atoms with E-state index in [1.807, 2.05) is 13.0 Å². The molecule has 0 bridgehead atoms. The highest BCUT2D eigenvalue weighted by atomic mass is 16.5. The van der Waals surface area contributed by atoms with E-state index in [4.69, 9.17) is 4.74 Å². The van der Waals surface area contributed by atoms with Crippen molar-refractivity contribution >= 4 is 11.8 Å². The van der Waals surface area contributed by atoms with Gasteiger partial charge in [-0.3, -0.25) is 19.2 Å². The number of aryl methyl sites for hydroxylation is 1. The molecule has 0 spiro atoms. The zero-order chi connectivity index (χ0) is 21.3. The van der Waals surface area contributed by atoms with E-state index in [-0.39, 0.29) is 29.8 Å². The van der Waals surface area contributed by atoms with Gasteiger partial charge in [0.05, 0.1) is 12.3 Å². The van der Waals surface area contributed by atoms with Crippen LogP contribution in [0.3, 0.4) is 0 Å². The molecule has 0 aromatic carbocycles. The van der Waals surface area contributed by atoms with Crippen LogP contribution in [-0.2, 0) is 16.1 Å². The van der Waals surface area contributed by atoms with Gasteiger partial charge in [0.2, 0.25) is 0 Å². The van der Waals surface area contributed by atoms with Crippen LogP contribution in [0.2, 0.25) is 0 Å². The van der Waals surface area contributed by atoms with Crippen molar-refractivity contribution in [2.45, 2.75) is 89.6 Å². The second-order valence-electron chi connectivity index (χ2n) is 9.16. The first-order chi connectivity index (χ1) is 14.5. The van der Waals surface area contributed by atoms with E-state index in [1.165, 1.54) is 6.42 Å². The van der Waals surface area contributed by atoms with E-state index in [2.05, 4.69) is 34.5 Å². The molecule has 1 aliphatic carbocycles. The van der Waals surface area contributed by atoms with Crippen molar-refractivity contribution in [2.24, 2.45) is 0 Å². The Labute approximate surface area is 178 Å². The minimum atomic E-state index is -0.411. The molecule has 1 saturated carbocycles. The quantitative estimate of drug-likeness (QED) is 0.735. The summed E-state index contributed by atoms with van der Waals surface area (Å²) in [6.45, 7) is 9.16. The summed E-state index contributed by atoms with van der Waals surface area (Å²) in [5.41, 5.74) is 1.52. The molecule has 8 nitrogen and oxygen atoms in total. The van der Waals surface area contributed by atoms with Crippen molar-refractivity contribution in [1.29, 1.82) is 0 Å². The van der Waals surface area contributed by atoms with E-state index >= 15 is 0 Å². The fraction of sp³-hybridized carbons (Fsp3) is 0.773. The van der Waals surface area contributed by atoms with Gasteiger partial charge in [0.1, 0.15) is 11.8 Å². The van der Waals surface area contributed by atoms with Gasteiger partial charge in [-0.25, -0.2) is 0 Å². The number of ether oxygens (including phenoxy) is 1. The first kappa shape index (κ1) is 21.3. The van der Waals surface area contributed by atoms with Gasteiger partial charge in [-0.2, -0.15) is 5.10 Å². The number of aromatic nitrogens is 2. The van der Waals surface area contributed by atoms with E-state index in [1.54, 1.807) is 4.68 Å². The number of carbonyl (C=O) groups is 2. The maximum atomic E-state index is 13.0. The predicted octanol–water partition coefficient (Wildman–Crippen LogP) is 1.66. The van der Waals surface area contributed by atoms with Crippen LogP contribution in [-0.4, -0.2) is 70.4 Å². The lowest BCUT2D eigenvalue weighted by molar-refractivity contribution is -0.141. The van der Waals surface area contributed by atoms with E-state index in [0.717, 1.165) is 37.9 Å². The molecule has 3 fully saturated rings. The molecule has 0 unspecified atom stereocenters. The van der Waals surface area contributed by atoms with Crippen LogP contribution in [0.5, 0.6) is 0 Å². The molecule has 1 aromatic heterocycles. The SMILES string of the molecule is CCn1nc(C(C)C)cc1C(=O)N[C@@H]1CCC[C@H]1NC(=O)[C@H]1CN2CCC[C@H]2CO1. The maximum Gasteiger partial charge on any atom is 0.269 e. The maximum absolute atomic E-state index is 13.0. The lowest BCUT2D eigenvalue weighted by Crippen LogP contribution is -2.56. The number of nitrogens with one attached hydrogen (secondary N) is 2. The number of hydrogen-bond donors (Lipinski definition) is 2. The van der Waals surface area contributed by atoms with Crippen LogP contribution in [0, 0.1) is 0 Å². The van der Waals surface area contributed by atoms with Crippen molar-refractivity contribution in [3.8, 4) is 0 Å². The summed E-state index contributed by atoms with van der Waals surface area (Å²) in [5.74, 6) is 0.108. The molecule has 166 valence electrons. The number of hydrogen-bond acceptors (Lipinski definition) is 5. The van der Waals surface area contributed by atoms with Crippen molar-refractivity contribution in [3.63, 3.8) is 0 Å². The molecule has 2 amide bonds. The van der Waals surface area contributed by atoms with E-state index < -0.39 is 6.10 Å². The first-order valence-electron chi connectivity index (χ1n) is 11.5. The Morgan fingerprint density at radius 3 is 2.70 bits per heavy atom. The Kier molecular flexibility index (Phi) is 6.43. The van der Waals surface area contributed by atoms with Crippen molar-refractivity contribution < 1.29 is 14.3 Å². The Balaban J connectivity index is 1.35. The average molecular weight is 418 g/mol. The van der Waals surface area contributed by atoms with Crippen LogP contribution in [0.1, 0.15) is 75.0 Å². The molecule has 3 heterocycles. The first-order valence-corrected chi connectivity index (χ1v) is 11.5. The lowest BCUT2D eigenvalue weighted by atomic mass is 10.1. The molecule has 1 aromatic rings. The molecule has 0 radical (unpaired) electrons. The Bertz CT molecular complexity index is 777. The average Bonchev–Trinajstić information content (AvgIpc) is 3.46. The molecule has 3 aliphatic rings. The highest BCUT2D eigenvalue weighted by molar-refractivity contribution is 5.93. The summed E-state index contributed by atoms with van der Waals surface area (Å²) in [6, 6.07) is 2.25. The van der Waals surface area contributed by atoms with Gasteiger partial charge in [0, 0.05) is 31.2 Å². The van der Waals surface area contributed by atoms with Crippen molar-refractivity contribution in [1.82, 2.24) is 25.3 Å². The van der Waals surface area contributed by atoms with E-state index in [9.17, 15) is 9.59 Å². The Morgan fingerprint density at radius 2 is 1.97 bits per heavy atom. The number of carbonyl (C=O) groups excluding carboxylic acids is 2. The summed E-state index contributed by atoms with van der Waals surface area (Å²) in [4.78, 5) is 28.2. The van der Waals surface area contributed by atoms with Gasteiger partial charge in [0.25, 0.3) is 11.8 Å². The molecule has 8 heteroatoms.